The monoisotopic (exact) mass is 448 g/mol. The minimum atomic E-state index is -0.500. The predicted octanol–water partition coefficient (Wildman–Crippen LogP) is 2.44. The van der Waals surface area contributed by atoms with Gasteiger partial charge in [-0.05, 0) is 62.0 Å². The number of hydrogen-bond donors (Lipinski definition) is 1. The smallest absolute Gasteiger partial charge is 0.322 e. The molecule has 3 heterocycles. The van der Waals surface area contributed by atoms with Crippen molar-refractivity contribution < 1.29 is 4.79 Å². The Morgan fingerprint density at radius 2 is 1.62 bits per heavy atom. The van der Waals surface area contributed by atoms with E-state index < -0.39 is 17.2 Å². The van der Waals surface area contributed by atoms with E-state index in [1.54, 1.807) is 12.1 Å². The number of carbonyl (C=O) groups is 1. The number of aromatic nitrogens is 5. The zero-order valence-corrected chi connectivity index (χ0v) is 18.7. The molecule has 1 aromatic carbocycles. The van der Waals surface area contributed by atoms with Gasteiger partial charge in [0.2, 0.25) is 0 Å². The van der Waals surface area contributed by atoms with Crippen molar-refractivity contribution in [3.05, 3.63) is 80.4 Å². The van der Waals surface area contributed by atoms with Crippen molar-refractivity contribution in [2.75, 3.05) is 5.32 Å². The Balaban J connectivity index is 1.54. The van der Waals surface area contributed by atoms with Gasteiger partial charge in [-0.1, -0.05) is 0 Å². The van der Waals surface area contributed by atoms with Crippen LogP contribution in [0.5, 0.6) is 0 Å². The molecule has 0 spiro atoms. The number of rotatable bonds is 4. The van der Waals surface area contributed by atoms with E-state index in [9.17, 15) is 14.4 Å². The zero-order chi connectivity index (χ0) is 23.0. The van der Waals surface area contributed by atoms with Crippen molar-refractivity contribution in [3.8, 4) is 0 Å². The highest BCUT2D eigenvalue weighted by Gasteiger charge is 2.14. The molecule has 0 bridgehead atoms. The fraction of sp³-hybridized carbons (Fsp3) is 0.182. The van der Waals surface area contributed by atoms with Crippen LogP contribution in [0, 0.1) is 13.8 Å². The highest BCUT2D eigenvalue weighted by atomic mass is 32.2. The van der Waals surface area contributed by atoms with E-state index >= 15 is 0 Å². The summed E-state index contributed by atoms with van der Waals surface area (Å²) in [5.41, 5.74) is 1.87. The lowest BCUT2D eigenvalue weighted by atomic mass is 10.2. The number of aryl methyl sites for hydroxylation is 3. The highest BCUT2D eigenvalue weighted by molar-refractivity contribution is 7.99. The summed E-state index contributed by atoms with van der Waals surface area (Å²) in [7, 11) is 2.92. The molecule has 3 aromatic heterocycles. The maximum absolute atomic E-state index is 12.7. The van der Waals surface area contributed by atoms with Gasteiger partial charge in [0.05, 0.1) is 10.9 Å². The van der Waals surface area contributed by atoms with Crippen molar-refractivity contribution in [2.24, 2.45) is 14.1 Å². The Labute approximate surface area is 187 Å². The molecule has 9 nitrogen and oxygen atoms in total. The third-order valence-corrected chi connectivity index (χ3v) is 5.71. The minimum absolute atomic E-state index is 0.197. The number of nitrogens with zero attached hydrogens (tertiary/aromatic N) is 5. The van der Waals surface area contributed by atoms with Crippen LogP contribution in [-0.2, 0) is 14.1 Å². The molecular formula is C22H20N6O3S. The molecule has 0 saturated carbocycles. The van der Waals surface area contributed by atoms with Gasteiger partial charge in [0.25, 0.3) is 11.5 Å². The van der Waals surface area contributed by atoms with E-state index in [4.69, 9.17) is 0 Å². The SMILES string of the molecule is Cc1cc(C)nc(Sc2ccc(NC(=O)c3cnc4c(c3)c(=O)n(C)c(=O)n4C)cc2)n1. The average molecular weight is 449 g/mol. The third kappa shape index (κ3) is 4.17. The second-order valence-corrected chi connectivity index (χ2v) is 8.36. The highest BCUT2D eigenvalue weighted by Crippen LogP contribution is 2.26. The molecule has 1 N–H and O–H groups in total. The molecule has 0 aliphatic carbocycles. The summed E-state index contributed by atoms with van der Waals surface area (Å²) in [4.78, 5) is 51.1. The Kier molecular flexibility index (Phi) is 5.62. The molecule has 10 heteroatoms. The van der Waals surface area contributed by atoms with Gasteiger partial charge < -0.3 is 5.32 Å². The summed E-state index contributed by atoms with van der Waals surface area (Å²) in [5.74, 6) is -0.409. The van der Waals surface area contributed by atoms with Crippen molar-refractivity contribution in [1.82, 2.24) is 24.1 Å². The number of carbonyl (C=O) groups excluding carboxylic acids is 1. The molecule has 1 amide bonds. The second kappa shape index (κ2) is 8.39. The van der Waals surface area contributed by atoms with Crippen LogP contribution in [-0.4, -0.2) is 30.0 Å². The largest absolute Gasteiger partial charge is 0.332 e. The van der Waals surface area contributed by atoms with Crippen LogP contribution in [0.1, 0.15) is 21.7 Å². The van der Waals surface area contributed by atoms with Crippen LogP contribution in [0.3, 0.4) is 0 Å². The quantitative estimate of drug-likeness (QED) is 0.477. The molecule has 32 heavy (non-hydrogen) atoms. The van der Waals surface area contributed by atoms with Crippen LogP contribution >= 0.6 is 11.8 Å². The number of anilines is 1. The van der Waals surface area contributed by atoms with Crippen molar-refractivity contribution in [1.29, 1.82) is 0 Å². The normalized spacial score (nSPS) is 11.0. The third-order valence-electron chi connectivity index (χ3n) is 4.84. The lowest BCUT2D eigenvalue weighted by Crippen LogP contribution is -2.37. The van der Waals surface area contributed by atoms with E-state index in [0.29, 0.717) is 10.8 Å². The van der Waals surface area contributed by atoms with Crippen LogP contribution < -0.4 is 16.6 Å². The van der Waals surface area contributed by atoms with Gasteiger partial charge in [-0.25, -0.2) is 19.7 Å². The number of pyridine rings is 1. The molecule has 4 rings (SSSR count). The summed E-state index contributed by atoms with van der Waals surface area (Å²) in [6.07, 6.45) is 1.35. The summed E-state index contributed by atoms with van der Waals surface area (Å²) in [6, 6.07) is 10.7. The van der Waals surface area contributed by atoms with Gasteiger partial charge in [-0.15, -0.1) is 0 Å². The fourth-order valence-corrected chi connectivity index (χ4v) is 4.11. The van der Waals surface area contributed by atoms with Crippen LogP contribution in [0.15, 0.2) is 62.2 Å². The van der Waals surface area contributed by atoms with Gasteiger partial charge in [0.15, 0.2) is 5.16 Å². The molecule has 0 unspecified atom stereocenters. The number of benzene rings is 1. The molecular weight excluding hydrogens is 428 g/mol. The molecule has 0 radical (unpaired) electrons. The van der Waals surface area contributed by atoms with Crippen molar-refractivity contribution in [3.63, 3.8) is 0 Å². The summed E-state index contributed by atoms with van der Waals surface area (Å²) in [6.45, 7) is 3.85. The first-order chi connectivity index (χ1) is 15.2. The molecule has 0 atom stereocenters. The lowest BCUT2D eigenvalue weighted by molar-refractivity contribution is 0.102. The number of nitrogens with one attached hydrogen (secondary N) is 1. The summed E-state index contributed by atoms with van der Waals surface area (Å²) >= 11 is 1.44. The molecule has 0 aliphatic rings. The minimum Gasteiger partial charge on any atom is -0.322 e. The summed E-state index contributed by atoms with van der Waals surface area (Å²) in [5, 5.41) is 3.66. The fourth-order valence-electron chi connectivity index (χ4n) is 3.24. The molecule has 0 aliphatic heterocycles. The van der Waals surface area contributed by atoms with E-state index in [0.717, 1.165) is 20.9 Å². The van der Waals surface area contributed by atoms with Gasteiger partial charge in [0, 0.05) is 42.3 Å². The summed E-state index contributed by atoms with van der Waals surface area (Å²) < 4.78 is 2.26. The number of amides is 1. The van der Waals surface area contributed by atoms with Crippen LogP contribution in [0.25, 0.3) is 11.0 Å². The first kappa shape index (κ1) is 21.4. The van der Waals surface area contributed by atoms with E-state index in [-0.39, 0.29) is 16.6 Å². The first-order valence-corrected chi connectivity index (χ1v) is 10.5. The van der Waals surface area contributed by atoms with E-state index in [2.05, 4.69) is 20.3 Å². The Bertz CT molecular complexity index is 1450. The van der Waals surface area contributed by atoms with Crippen LogP contribution in [0.4, 0.5) is 5.69 Å². The van der Waals surface area contributed by atoms with Gasteiger partial charge in [-0.2, -0.15) is 0 Å². The van der Waals surface area contributed by atoms with Gasteiger partial charge in [0.1, 0.15) is 5.65 Å². The average Bonchev–Trinajstić information content (AvgIpc) is 2.76. The van der Waals surface area contributed by atoms with Crippen molar-refractivity contribution in [2.45, 2.75) is 23.9 Å². The maximum Gasteiger partial charge on any atom is 0.332 e. The Morgan fingerprint density at radius 3 is 2.28 bits per heavy atom. The van der Waals surface area contributed by atoms with E-state index in [1.165, 1.54) is 42.7 Å². The first-order valence-electron chi connectivity index (χ1n) is 9.70. The number of fused-ring (bicyclic) bond motifs is 1. The van der Waals surface area contributed by atoms with Crippen LogP contribution in [0.2, 0.25) is 0 Å². The number of hydrogen-bond acceptors (Lipinski definition) is 7. The predicted molar refractivity (Wildman–Crippen MR) is 122 cm³/mol. The molecule has 0 fully saturated rings. The zero-order valence-electron chi connectivity index (χ0n) is 17.9. The second-order valence-electron chi connectivity index (χ2n) is 7.31. The lowest BCUT2D eigenvalue weighted by Gasteiger charge is -2.09. The van der Waals surface area contributed by atoms with Gasteiger partial charge in [-0.3, -0.25) is 18.7 Å². The Morgan fingerprint density at radius 1 is 0.969 bits per heavy atom. The maximum atomic E-state index is 12.7. The molecule has 0 saturated heterocycles. The van der Waals surface area contributed by atoms with E-state index in [1.807, 2.05) is 32.0 Å². The Hall–Kier alpha value is -3.79. The van der Waals surface area contributed by atoms with Crippen molar-refractivity contribution >= 4 is 34.4 Å². The topological polar surface area (TPSA) is 112 Å². The molecule has 162 valence electrons. The van der Waals surface area contributed by atoms with Gasteiger partial charge >= 0.3 is 5.69 Å². The standard InChI is InChI=1S/C22H20N6O3S/c1-12-9-13(2)25-21(24-12)32-16-7-5-15(6-8-16)26-19(29)14-10-17-18(23-11-14)27(3)22(31)28(4)20(17)30/h5-11H,1-4H3,(H,26,29). The molecule has 4 aromatic rings.